The summed E-state index contributed by atoms with van der Waals surface area (Å²) in [5.74, 6) is 0.798. The highest BCUT2D eigenvalue weighted by atomic mass is 16.7. The van der Waals surface area contributed by atoms with Crippen LogP contribution in [0.15, 0.2) is 36.4 Å². The number of methoxy groups -OCH3 is 1. The third kappa shape index (κ3) is 2.21. The van der Waals surface area contributed by atoms with E-state index in [4.69, 9.17) is 14.2 Å². The van der Waals surface area contributed by atoms with E-state index < -0.39 is 6.29 Å². The van der Waals surface area contributed by atoms with E-state index in [0.717, 1.165) is 22.1 Å². The fourth-order valence-electron chi connectivity index (χ4n) is 2.66. The van der Waals surface area contributed by atoms with Crippen molar-refractivity contribution in [2.24, 2.45) is 0 Å². The molecule has 1 saturated heterocycles. The molecule has 0 amide bonds. The maximum atomic E-state index is 6.20. The Bertz CT molecular complexity index is 657. The minimum atomic E-state index is -0.420. The summed E-state index contributed by atoms with van der Waals surface area (Å²) >= 11 is 0. The van der Waals surface area contributed by atoms with Crippen LogP contribution in [0.4, 0.5) is 0 Å². The summed E-state index contributed by atoms with van der Waals surface area (Å²) in [5.41, 5.74) is 0.244. The van der Waals surface area contributed by atoms with Gasteiger partial charge in [-0.3, -0.25) is 0 Å². The van der Waals surface area contributed by atoms with Crippen molar-refractivity contribution in [2.75, 3.05) is 7.11 Å². The number of rotatable bonds is 2. The number of fused-ring (bicyclic) bond motifs is 1. The van der Waals surface area contributed by atoms with E-state index in [1.807, 2.05) is 18.2 Å². The Morgan fingerprint density at radius 3 is 2.14 bits per heavy atom. The third-order valence-electron chi connectivity index (χ3n) is 4.64. The Balaban J connectivity index is 2.16. The predicted molar refractivity (Wildman–Crippen MR) is 83.6 cm³/mol. The minimum absolute atomic E-state index is 0.361. The van der Waals surface area contributed by atoms with Crippen molar-refractivity contribution in [1.29, 1.82) is 0 Å². The highest BCUT2D eigenvalue weighted by Crippen LogP contribution is 2.48. The van der Waals surface area contributed by atoms with E-state index in [2.05, 4.69) is 45.9 Å². The average molecular weight is 286 g/mol. The van der Waals surface area contributed by atoms with Crippen molar-refractivity contribution in [3.05, 3.63) is 42.0 Å². The van der Waals surface area contributed by atoms with E-state index in [-0.39, 0.29) is 11.2 Å². The highest BCUT2D eigenvalue weighted by Gasteiger charge is 2.50. The average Bonchev–Trinajstić information content (AvgIpc) is 2.65. The smallest absolute Gasteiger partial charge is 0.189 e. The molecule has 3 heteroatoms. The summed E-state index contributed by atoms with van der Waals surface area (Å²) in [4.78, 5) is 0. The van der Waals surface area contributed by atoms with E-state index >= 15 is 0 Å². The van der Waals surface area contributed by atoms with Gasteiger partial charge in [0.15, 0.2) is 6.29 Å². The van der Waals surface area contributed by atoms with Crippen LogP contribution in [0.1, 0.15) is 39.5 Å². The molecule has 0 atom stereocenters. The Labute approximate surface area is 125 Å². The van der Waals surface area contributed by atoms with Gasteiger partial charge in [0, 0.05) is 0 Å². The van der Waals surface area contributed by atoms with Crippen molar-refractivity contribution in [3.63, 3.8) is 0 Å². The lowest BCUT2D eigenvalue weighted by Gasteiger charge is -2.30. The molecule has 21 heavy (non-hydrogen) atoms. The number of hydrogen-bond donors (Lipinski definition) is 0. The second-order valence-corrected chi connectivity index (χ2v) is 6.49. The Morgan fingerprint density at radius 2 is 1.52 bits per heavy atom. The van der Waals surface area contributed by atoms with E-state index in [0.29, 0.717) is 0 Å². The molecule has 0 aliphatic carbocycles. The van der Waals surface area contributed by atoms with Crippen molar-refractivity contribution in [1.82, 2.24) is 0 Å². The number of ether oxygens (including phenoxy) is 3. The van der Waals surface area contributed by atoms with Gasteiger partial charge in [0.2, 0.25) is 0 Å². The molecule has 0 unspecified atom stereocenters. The van der Waals surface area contributed by atoms with Crippen LogP contribution < -0.4 is 4.74 Å². The van der Waals surface area contributed by atoms with Crippen LogP contribution in [-0.4, -0.2) is 18.3 Å². The molecule has 0 spiro atoms. The lowest BCUT2D eigenvalue weighted by Crippen LogP contribution is -2.41. The van der Waals surface area contributed by atoms with Crippen LogP contribution in [0.5, 0.6) is 5.75 Å². The topological polar surface area (TPSA) is 27.7 Å². The van der Waals surface area contributed by atoms with Crippen LogP contribution in [0.2, 0.25) is 0 Å². The molecule has 0 aromatic heterocycles. The maximum absolute atomic E-state index is 6.20. The first kappa shape index (κ1) is 14.4. The Kier molecular flexibility index (Phi) is 3.23. The van der Waals surface area contributed by atoms with Gasteiger partial charge < -0.3 is 14.2 Å². The van der Waals surface area contributed by atoms with Crippen LogP contribution in [-0.2, 0) is 9.47 Å². The van der Waals surface area contributed by atoms with Gasteiger partial charge in [0.1, 0.15) is 5.75 Å². The summed E-state index contributed by atoms with van der Waals surface area (Å²) < 4.78 is 17.9. The lowest BCUT2D eigenvalue weighted by molar-refractivity contribution is -0.0895. The molecule has 2 aromatic carbocycles. The lowest BCUT2D eigenvalue weighted by atomic mass is 9.90. The molecule has 0 N–H and O–H groups in total. The standard InChI is InChI=1S/C18H22O3/c1-17(2)18(3,4)21-16(20-17)15-13-9-7-6-8-12(13)10-11-14(15)19-5/h6-11,16H,1-5H3. The van der Waals surface area contributed by atoms with Gasteiger partial charge in [-0.2, -0.15) is 0 Å². The summed E-state index contributed by atoms with van der Waals surface area (Å²) in [6.45, 7) is 8.24. The predicted octanol–water partition coefficient (Wildman–Crippen LogP) is 4.45. The Hall–Kier alpha value is -1.58. The largest absolute Gasteiger partial charge is 0.496 e. The highest BCUT2D eigenvalue weighted by molar-refractivity contribution is 5.88. The molecule has 3 rings (SSSR count). The number of benzene rings is 2. The first-order valence-corrected chi connectivity index (χ1v) is 7.27. The van der Waals surface area contributed by atoms with Crippen molar-refractivity contribution in [2.45, 2.75) is 45.2 Å². The molecule has 1 aliphatic heterocycles. The fourth-order valence-corrected chi connectivity index (χ4v) is 2.66. The van der Waals surface area contributed by atoms with Crippen molar-refractivity contribution in [3.8, 4) is 5.75 Å². The first-order chi connectivity index (χ1) is 9.86. The molecule has 0 saturated carbocycles. The molecule has 3 nitrogen and oxygen atoms in total. The second-order valence-electron chi connectivity index (χ2n) is 6.49. The SMILES string of the molecule is COc1ccc2ccccc2c1C1OC(C)(C)C(C)(C)O1. The van der Waals surface area contributed by atoms with Crippen LogP contribution >= 0.6 is 0 Å². The zero-order valence-electron chi connectivity index (χ0n) is 13.3. The van der Waals surface area contributed by atoms with Crippen molar-refractivity contribution >= 4 is 10.8 Å². The van der Waals surface area contributed by atoms with Gasteiger partial charge in [-0.05, 0) is 44.5 Å². The normalized spacial score (nSPS) is 20.8. The second kappa shape index (κ2) is 4.72. The number of hydrogen-bond acceptors (Lipinski definition) is 3. The van der Waals surface area contributed by atoms with Gasteiger partial charge in [0.25, 0.3) is 0 Å². The van der Waals surface area contributed by atoms with E-state index in [9.17, 15) is 0 Å². The molecular weight excluding hydrogens is 264 g/mol. The zero-order valence-corrected chi connectivity index (χ0v) is 13.3. The maximum Gasteiger partial charge on any atom is 0.189 e. The van der Waals surface area contributed by atoms with Crippen LogP contribution in [0.25, 0.3) is 10.8 Å². The summed E-state index contributed by atoms with van der Waals surface area (Å²) in [5, 5.41) is 2.26. The monoisotopic (exact) mass is 286 g/mol. The third-order valence-corrected chi connectivity index (χ3v) is 4.64. The minimum Gasteiger partial charge on any atom is -0.496 e. The molecule has 2 aromatic rings. The van der Waals surface area contributed by atoms with E-state index in [1.165, 1.54) is 0 Å². The van der Waals surface area contributed by atoms with Crippen LogP contribution in [0.3, 0.4) is 0 Å². The molecule has 0 radical (unpaired) electrons. The summed E-state index contributed by atoms with van der Waals surface area (Å²) in [7, 11) is 1.68. The zero-order chi connectivity index (χ0) is 15.3. The van der Waals surface area contributed by atoms with Gasteiger partial charge in [-0.25, -0.2) is 0 Å². The summed E-state index contributed by atoms with van der Waals surface area (Å²) in [6, 6.07) is 12.3. The molecule has 1 aliphatic rings. The molecule has 0 bridgehead atoms. The van der Waals surface area contributed by atoms with E-state index in [1.54, 1.807) is 7.11 Å². The molecular formula is C18H22O3. The quantitative estimate of drug-likeness (QED) is 0.816. The molecule has 112 valence electrons. The van der Waals surface area contributed by atoms with Gasteiger partial charge in [0.05, 0.1) is 23.9 Å². The van der Waals surface area contributed by atoms with Gasteiger partial charge >= 0.3 is 0 Å². The van der Waals surface area contributed by atoms with Crippen molar-refractivity contribution < 1.29 is 14.2 Å². The van der Waals surface area contributed by atoms with Crippen LogP contribution in [0, 0.1) is 0 Å². The molecule has 1 fully saturated rings. The van der Waals surface area contributed by atoms with Gasteiger partial charge in [-0.1, -0.05) is 30.3 Å². The Morgan fingerprint density at radius 1 is 0.905 bits per heavy atom. The fraction of sp³-hybridized carbons (Fsp3) is 0.444. The summed E-state index contributed by atoms with van der Waals surface area (Å²) in [6.07, 6.45) is -0.420. The first-order valence-electron chi connectivity index (χ1n) is 7.27. The molecule has 1 heterocycles. The van der Waals surface area contributed by atoms with Gasteiger partial charge in [-0.15, -0.1) is 0 Å².